The predicted octanol–water partition coefficient (Wildman–Crippen LogP) is 3.22. The number of anilines is 1. The highest BCUT2D eigenvalue weighted by Crippen LogP contribution is 2.38. The van der Waals surface area contributed by atoms with Crippen LogP contribution in [-0.4, -0.2) is 62.5 Å². The van der Waals surface area contributed by atoms with E-state index in [2.05, 4.69) is 4.98 Å². The smallest absolute Gasteiger partial charge is 0.326 e. The zero-order chi connectivity index (χ0) is 22.2. The van der Waals surface area contributed by atoms with Crippen LogP contribution in [0, 0.1) is 6.92 Å². The highest BCUT2D eigenvalue weighted by atomic mass is 32.1. The van der Waals surface area contributed by atoms with E-state index in [-0.39, 0.29) is 25.7 Å². The first-order valence-corrected chi connectivity index (χ1v) is 11.3. The van der Waals surface area contributed by atoms with Crippen molar-refractivity contribution in [3.8, 4) is 17.0 Å². The number of rotatable bonds is 11. The SMILES string of the molecule is CCOCCOCCOC(=O)CN1C(=O)C(CC)Oc2ccc(-c3csc(C)n3)cc21. The summed E-state index contributed by atoms with van der Waals surface area (Å²) >= 11 is 1.55. The normalized spacial score (nSPS) is 15.5. The molecule has 31 heavy (non-hydrogen) atoms. The fraction of sp³-hybridized carbons (Fsp3) is 0.500. The van der Waals surface area contributed by atoms with E-state index in [0.29, 0.717) is 37.7 Å². The Morgan fingerprint density at radius 2 is 1.97 bits per heavy atom. The molecule has 1 amide bonds. The molecule has 0 spiro atoms. The standard InChI is InChI=1S/C22H28N2O6S/c1-4-19-22(26)24(13-21(25)29-11-10-28-9-8-27-5-2)18-12-16(6-7-20(18)30-19)17-14-31-15(3)23-17/h6-7,12,14,19H,4-5,8-11,13H2,1-3H3. The minimum absolute atomic E-state index is 0.117. The molecule has 1 aliphatic rings. The van der Waals surface area contributed by atoms with Crippen LogP contribution in [-0.2, 0) is 23.8 Å². The number of aryl methyl sites for hydroxylation is 1. The second kappa shape index (κ2) is 11.2. The van der Waals surface area contributed by atoms with Crippen molar-refractivity contribution in [3.05, 3.63) is 28.6 Å². The van der Waals surface area contributed by atoms with Crippen LogP contribution in [0.4, 0.5) is 5.69 Å². The van der Waals surface area contributed by atoms with Gasteiger partial charge in [0.15, 0.2) is 6.10 Å². The van der Waals surface area contributed by atoms with Crippen molar-refractivity contribution in [2.24, 2.45) is 0 Å². The predicted molar refractivity (Wildman–Crippen MR) is 118 cm³/mol. The molecule has 1 aromatic heterocycles. The van der Waals surface area contributed by atoms with Gasteiger partial charge in [-0.2, -0.15) is 0 Å². The molecule has 0 aliphatic carbocycles. The lowest BCUT2D eigenvalue weighted by atomic mass is 10.1. The highest BCUT2D eigenvalue weighted by molar-refractivity contribution is 7.09. The third kappa shape index (κ3) is 6.03. The van der Waals surface area contributed by atoms with Gasteiger partial charge in [-0.25, -0.2) is 4.98 Å². The summed E-state index contributed by atoms with van der Waals surface area (Å²) in [6.45, 7) is 7.50. The van der Waals surface area contributed by atoms with Gasteiger partial charge in [0, 0.05) is 17.6 Å². The van der Waals surface area contributed by atoms with Gasteiger partial charge in [-0.15, -0.1) is 11.3 Å². The average molecular weight is 449 g/mol. The van der Waals surface area contributed by atoms with Crippen molar-refractivity contribution in [2.45, 2.75) is 33.3 Å². The maximum absolute atomic E-state index is 12.9. The maximum Gasteiger partial charge on any atom is 0.326 e. The van der Waals surface area contributed by atoms with Crippen LogP contribution < -0.4 is 9.64 Å². The number of esters is 1. The van der Waals surface area contributed by atoms with E-state index in [1.54, 1.807) is 11.3 Å². The summed E-state index contributed by atoms with van der Waals surface area (Å²) in [5.74, 6) is -0.194. The summed E-state index contributed by atoms with van der Waals surface area (Å²) in [5, 5.41) is 2.91. The topological polar surface area (TPSA) is 87.2 Å². The second-order valence-electron chi connectivity index (χ2n) is 6.90. The summed E-state index contributed by atoms with van der Waals surface area (Å²) in [7, 11) is 0. The lowest BCUT2D eigenvalue weighted by Crippen LogP contribution is -2.48. The Kier molecular flexibility index (Phi) is 8.39. The van der Waals surface area contributed by atoms with E-state index < -0.39 is 12.1 Å². The van der Waals surface area contributed by atoms with Crippen LogP contribution in [0.3, 0.4) is 0 Å². The molecule has 9 heteroatoms. The first kappa shape index (κ1) is 23.2. The number of fused-ring (bicyclic) bond motifs is 1. The first-order valence-electron chi connectivity index (χ1n) is 10.4. The van der Waals surface area contributed by atoms with E-state index in [1.807, 2.05) is 44.4 Å². The van der Waals surface area contributed by atoms with Crippen LogP contribution in [0.2, 0.25) is 0 Å². The van der Waals surface area contributed by atoms with Gasteiger partial charge in [0.25, 0.3) is 5.91 Å². The molecular weight excluding hydrogens is 420 g/mol. The van der Waals surface area contributed by atoms with Crippen molar-refractivity contribution in [1.82, 2.24) is 4.98 Å². The van der Waals surface area contributed by atoms with Gasteiger partial charge in [0.05, 0.1) is 36.2 Å². The number of hydrogen-bond donors (Lipinski definition) is 0. The van der Waals surface area contributed by atoms with Crippen LogP contribution in [0.5, 0.6) is 5.75 Å². The molecule has 1 aromatic carbocycles. The number of amides is 1. The van der Waals surface area contributed by atoms with Crippen LogP contribution in [0.1, 0.15) is 25.3 Å². The van der Waals surface area contributed by atoms with E-state index in [1.165, 1.54) is 4.90 Å². The number of carbonyl (C=O) groups excluding carboxylic acids is 2. The summed E-state index contributed by atoms with van der Waals surface area (Å²) in [6.07, 6.45) is -0.126. The molecule has 2 heterocycles. The molecular formula is C22H28N2O6S. The Hall–Kier alpha value is -2.49. The number of nitrogens with zero attached hydrogens (tertiary/aromatic N) is 2. The fourth-order valence-corrected chi connectivity index (χ4v) is 3.78. The molecule has 0 radical (unpaired) electrons. The summed E-state index contributed by atoms with van der Waals surface area (Å²) in [6, 6.07) is 5.56. The second-order valence-corrected chi connectivity index (χ2v) is 7.97. The zero-order valence-corrected chi connectivity index (χ0v) is 18.9. The van der Waals surface area contributed by atoms with Gasteiger partial charge < -0.3 is 18.9 Å². The molecule has 1 unspecified atom stereocenters. The lowest BCUT2D eigenvalue weighted by molar-refractivity contribution is -0.145. The first-order chi connectivity index (χ1) is 15.0. The maximum atomic E-state index is 12.9. The van der Waals surface area contributed by atoms with E-state index >= 15 is 0 Å². The molecule has 1 atom stereocenters. The number of thiazole rings is 1. The fourth-order valence-electron chi connectivity index (χ4n) is 3.15. The lowest BCUT2D eigenvalue weighted by Gasteiger charge is -2.33. The largest absolute Gasteiger partial charge is 0.478 e. The van der Waals surface area contributed by atoms with E-state index in [0.717, 1.165) is 16.3 Å². The molecule has 8 nitrogen and oxygen atoms in total. The Labute approximate surface area is 186 Å². The van der Waals surface area contributed by atoms with Gasteiger partial charge in [0.2, 0.25) is 0 Å². The minimum Gasteiger partial charge on any atom is -0.478 e. The highest BCUT2D eigenvalue weighted by Gasteiger charge is 2.35. The quantitative estimate of drug-likeness (QED) is 0.385. The van der Waals surface area contributed by atoms with E-state index in [4.69, 9.17) is 18.9 Å². The van der Waals surface area contributed by atoms with E-state index in [9.17, 15) is 9.59 Å². The Morgan fingerprint density at radius 1 is 1.19 bits per heavy atom. The molecule has 0 N–H and O–H groups in total. The van der Waals surface area contributed by atoms with Crippen molar-refractivity contribution in [2.75, 3.05) is 44.5 Å². The van der Waals surface area contributed by atoms with Crippen LogP contribution >= 0.6 is 11.3 Å². The Morgan fingerprint density at radius 3 is 2.68 bits per heavy atom. The molecule has 168 valence electrons. The van der Waals surface area contributed by atoms with Crippen molar-refractivity contribution in [1.29, 1.82) is 0 Å². The monoisotopic (exact) mass is 448 g/mol. The van der Waals surface area contributed by atoms with Crippen LogP contribution in [0.15, 0.2) is 23.6 Å². The van der Waals surface area contributed by atoms with Gasteiger partial charge in [-0.1, -0.05) is 6.92 Å². The molecule has 0 saturated heterocycles. The van der Waals surface area contributed by atoms with Crippen molar-refractivity contribution < 1.29 is 28.5 Å². The average Bonchev–Trinajstić information content (AvgIpc) is 3.21. The third-order valence-corrected chi connectivity index (χ3v) is 5.47. The van der Waals surface area contributed by atoms with Gasteiger partial charge >= 0.3 is 5.97 Å². The van der Waals surface area contributed by atoms with Gasteiger partial charge in [0.1, 0.15) is 18.9 Å². The van der Waals surface area contributed by atoms with Crippen molar-refractivity contribution >= 4 is 28.9 Å². The van der Waals surface area contributed by atoms with Crippen LogP contribution in [0.25, 0.3) is 11.3 Å². The Balaban J connectivity index is 1.67. The zero-order valence-electron chi connectivity index (χ0n) is 18.1. The Bertz CT molecular complexity index is 900. The number of benzene rings is 1. The summed E-state index contributed by atoms with van der Waals surface area (Å²) in [5.41, 5.74) is 2.22. The van der Waals surface area contributed by atoms with Gasteiger partial charge in [-0.3, -0.25) is 14.5 Å². The molecule has 0 bridgehead atoms. The molecule has 1 aliphatic heterocycles. The molecule has 0 saturated carbocycles. The summed E-state index contributed by atoms with van der Waals surface area (Å²) in [4.78, 5) is 31.3. The number of hydrogen-bond acceptors (Lipinski definition) is 8. The summed E-state index contributed by atoms with van der Waals surface area (Å²) < 4.78 is 21.6. The van der Waals surface area contributed by atoms with Crippen molar-refractivity contribution in [3.63, 3.8) is 0 Å². The van der Waals surface area contributed by atoms with Gasteiger partial charge in [-0.05, 0) is 38.5 Å². The third-order valence-electron chi connectivity index (χ3n) is 4.70. The number of carbonyl (C=O) groups is 2. The molecule has 0 fully saturated rings. The minimum atomic E-state index is -0.630. The number of aromatic nitrogens is 1. The molecule has 2 aromatic rings. The molecule has 3 rings (SSSR count). The number of ether oxygens (including phenoxy) is 4.